The van der Waals surface area contributed by atoms with Crippen molar-refractivity contribution < 1.29 is 13.6 Å². The van der Waals surface area contributed by atoms with Crippen LogP contribution in [-0.4, -0.2) is 35.5 Å². The molecule has 3 aromatic heterocycles. The molecule has 1 aliphatic carbocycles. The van der Waals surface area contributed by atoms with Gasteiger partial charge in [0.2, 0.25) is 5.91 Å². The molecule has 0 unspecified atom stereocenters. The Bertz CT molecular complexity index is 1090. The molecule has 0 bridgehead atoms. The van der Waals surface area contributed by atoms with E-state index in [0.29, 0.717) is 17.3 Å². The zero-order chi connectivity index (χ0) is 20.0. The SMILES string of the molecule is CC(C)c1nn(CC(=O)Nc2cc(C(F)F)[nH]n2)c(=O)c2cc(C3CC3)nn12. The van der Waals surface area contributed by atoms with Gasteiger partial charge in [0.05, 0.1) is 5.69 Å². The number of nitrogens with one attached hydrogen (secondary N) is 2. The summed E-state index contributed by atoms with van der Waals surface area (Å²) < 4.78 is 27.8. The predicted octanol–water partition coefficient (Wildman–Crippen LogP) is 2.19. The van der Waals surface area contributed by atoms with Crippen LogP contribution in [0.1, 0.15) is 62.2 Å². The van der Waals surface area contributed by atoms with E-state index < -0.39 is 23.6 Å². The molecule has 2 N–H and O–H groups in total. The van der Waals surface area contributed by atoms with E-state index in [1.807, 2.05) is 13.8 Å². The van der Waals surface area contributed by atoms with Crippen LogP contribution in [0.3, 0.4) is 0 Å². The summed E-state index contributed by atoms with van der Waals surface area (Å²) in [5.74, 6) is 0.278. The highest BCUT2D eigenvalue weighted by molar-refractivity contribution is 5.89. The van der Waals surface area contributed by atoms with Gasteiger partial charge in [-0.05, 0) is 18.9 Å². The average molecular weight is 391 g/mol. The molecular formula is C17H19F2N7O2. The molecule has 1 amide bonds. The number of alkyl halides is 2. The Kier molecular flexibility index (Phi) is 4.44. The molecule has 0 saturated heterocycles. The van der Waals surface area contributed by atoms with Crippen LogP contribution in [0.5, 0.6) is 0 Å². The number of aromatic nitrogens is 6. The van der Waals surface area contributed by atoms with E-state index in [0.717, 1.165) is 29.3 Å². The van der Waals surface area contributed by atoms with Crippen LogP contribution in [-0.2, 0) is 11.3 Å². The molecule has 0 spiro atoms. The van der Waals surface area contributed by atoms with E-state index in [2.05, 4.69) is 25.7 Å². The van der Waals surface area contributed by atoms with Crippen molar-refractivity contribution in [2.24, 2.45) is 0 Å². The second kappa shape index (κ2) is 6.80. The lowest BCUT2D eigenvalue weighted by molar-refractivity contribution is -0.117. The fourth-order valence-corrected chi connectivity index (χ4v) is 2.95. The van der Waals surface area contributed by atoms with Gasteiger partial charge in [0.1, 0.15) is 17.8 Å². The Morgan fingerprint density at radius 3 is 2.68 bits per heavy atom. The zero-order valence-electron chi connectivity index (χ0n) is 15.3. The number of anilines is 1. The monoisotopic (exact) mass is 391 g/mol. The Morgan fingerprint density at radius 2 is 2.07 bits per heavy atom. The van der Waals surface area contributed by atoms with Crippen LogP contribution in [0.15, 0.2) is 16.9 Å². The quantitative estimate of drug-likeness (QED) is 0.669. The Hall–Kier alpha value is -3.11. The van der Waals surface area contributed by atoms with Gasteiger partial charge in [-0.25, -0.2) is 18.0 Å². The van der Waals surface area contributed by atoms with E-state index in [1.54, 1.807) is 10.6 Å². The average Bonchev–Trinajstić information content (AvgIpc) is 3.20. The van der Waals surface area contributed by atoms with E-state index >= 15 is 0 Å². The molecular weight excluding hydrogens is 372 g/mol. The molecule has 9 nitrogen and oxygen atoms in total. The van der Waals surface area contributed by atoms with Gasteiger partial charge in [-0.3, -0.25) is 14.7 Å². The molecule has 3 aromatic rings. The number of carbonyl (C=O) groups excluding carboxylic acids is 1. The van der Waals surface area contributed by atoms with Crippen LogP contribution in [0, 0.1) is 0 Å². The summed E-state index contributed by atoms with van der Waals surface area (Å²) in [5.41, 5.74) is 0.391. The smallest absolute Gasteiger partial charge is 0.293 e. The minimum Gasteiger partial charge on any atom is -0.308 e. The molecule has 1 saturated carbocycles. The molecule has 3 heterocycles. The highest BCUT2D eigenvalue weighted by atomic mass is 19.3. The van der Waals surface area contributed by atoms with Crippen LogP contribution >= 0.6 is 0 Å². The van der Waals surface area contributed by atoms with E-state index in [1.165, 1.54) is 0 Å². The minimum absolute atomic E-state index is 0.0238. The van der Waals surface area contributed by atoms with Gasteiger partial charge in [-0.1, -0.05) is 13.8 Å². The van der Waals surface area contributed by atoms with Gasteiger partial charge >= 0.3 is 0 Å². The summed E-state index contributed by atoms with van der Waals surface area (Å²) in [7, 11) is 0. The van der Waals surface area contributed by atoms with Crippen molar-refractivity contribution >= 4 is 17.2 Å². The van der Waals surface area contributed by atoms with Gasteiger partial charge in [0.25, 0.3) is 12.0 Å². The van der Waals surface area contributed by atoms with E-state index in [4.69, 9.17) is 0 Å². The topological polar surface area (TPSA) is 110 Å². The second-order valence-electron chi connectivity index (χ2n) is 7.17. The number of H-pyrrole nitrogens is 1. The summed E-state index contributed by atoms with van der Waals surface area (Å²) >= 11 is 0. The van der Waals surface area contributed by atoms with Crippen LogP contribution in [0.4, 0.5) is 14.6 Å². The normalized spacial score (nSPS) is 14.4. The number of amides is 1. The molecule has 0 aromatic carbocycles. The zero-order valence-corrected chi connectivity index (χ0v) is 15.3. The van der Waals surface area contributed by atoms with Crippen molar-refractivity contribution in [2.75, 3.05) is 5.32 Å². The first-order valence-corrected chi connectivity index (χ1v) is 8.97. The van der Waals surface area contributed by atoms with Crippen molar-refractivity contribution in [1.29, 1.82) is 0 Å². The third kappa shape index (κ3) is 3.39. The molecule has 1 fully saturated rings. The maximum absolute atomic E-state index is 12.8. The second-order valence-corrected chi connectivity index (χ2v) is 7.17. The molecule has 4 rings (SSSR count). The van der Waals surface area contributed by atoms with Crippen molar-refractivity contribution in [1.82, 2.24) is 29.6 Å². The minimum atomic E-state index is -2.72. The van der Waals surface area contributed by atoms with E-state index in [9.17, 15) is 18.4 Å². The summed E-state index contributed by atoms with van der Waals surface area (Å²) in [6.45, 7) is 3.48. The number of halogens is 2. The Labute approximate surface area is 157 Å². The number of fused-ring (bicyclic) bond motifs is 1. The van der Waals surface area contributed by atoms with Crippen LogP contribution in [0.25, 0.3) is 5.52 Å². The number of hydrogen-bond acceptors (Lipinski definition) is 5. The lowest BCUT2D eigenvalue weighted by atomic mass is 10.2. The summed E-state index contributed by atoms with van der Waals surface area (Å²) in [5, 5.41) is 17.0. The predicted molar refractivity (Wildman–Crippen MR) is 95.5 cm³/mol. The molecule has 11 heteroatoms. The Balaban J connectivity index is 1.62. The fraction of sp³-hybridized carbons (Fsp3) is 0.471. The third-order valence-electron chi connectivity index (χ3n) is 4.53. The van der Waals surface area contributed by atoms with Crippen molar-refractivity contribution in [3.63, 3.8) is 0 Å². The van der Waals surface area contributed by atoms with Crippen LogP contribution in [0.2, 0.25) is 0 Å². The van der Waals surface area contributed by atoms with Gasteiger partial charge in [0.15, 0.2) is 11.6 Å². The number of rotatable bonds is 6. The summed E-state index contributed by atoms with van der Waals surface area (Å²) in [6, 6.07) is 2.80. The molecule has 1 aliphatic rings. The van der Waals surface area contributed by atoms with Gasteiger partial charge in [0, 0.05) is 17.9 Å². The molecule has 0 radical (unpaired) electrons. The first-order valence-electron chi connectivity index (χ1n) is 8.97. The lowest BCUT2D eigenvalue weighted by Gasteiger charge is -2.11. The number of aromatic amines is 1. The molecule has 28 heavy (non-hydrogen) atoms. The van der Waals surface area contributed by atoms with Crippen molar-refractivity contribution in [2.45, 2.75) is 51.5 Å². The molecule has 0 atom stereocenters. The first kappa shape index (κ1) is 18.3. The first-order chi connectivity index (χ1) is 13.3. The maximum Gasteiger partial charge on any atom is 0.293 e. The lowest BCUT2D eigenvalue weighted by Crippen LogP contribution is -2.32. The van der Waals surface area contributed by atoms with Crippen LogP contribution < -0.4 is 10.9 Å². The third-order valence-corrected chi connectivity index (χ3v) is 4.53. The van der Waals surface area contributed by atoms with E-state index in [-0.39, 0.29) is 18.3 Å². The van der Waals surface area contributed by atoms with Gasteiger partial charge < -0.3 is 5.32 Å². The van der Waals surface area contributed by atoms with Gasteiger partial charge in [-0.15, -0.1) is 0 Å². The Morgan fingerprint density at radius 1 is 1.32 bits per heavy atom. The highest BCUT2D eigenvalue weighted by Gasteiger charge is 2.28. The highest BCUT2D eigenvalue weighted by Crippen LogP contribution is 2.39. The largest absolute Gasteiger partial charge is 0.308 e. The number of carbonyl (C=O) groups is 1. The summed E-state index contributed by atoms with van der Waals surface area (Å²) in [4.78, 5) is 25.1. The van der Waals surface area contributed by atoms with Gasteiger partial charge in [-0.2, -0.15) is 15.3 Å². The van der Waals surface area contributed by atoms with Crippen molar-refractivity contribution in [3.8, 4) is 0 Å². The number of hydrogen-bond donors (Lipinski definition) is 2. The van der Waals surface area contributed by atoms with Crippen molar-refractivity contribution in [3.05, 3.63) is 39.7 Å². The standard InChI is InChI=1S/C17H19F2N7O2/c1-8(2)16-24-25(7-14(27)20-13-6-11(15(18)19)21-22-13)17(28)12-5-10(9-3-4-9)23-26(12)16/h5-6,8-9,15H,3-4,7H2,1-2H3,(H2,20,21,22,27). The number of nitrogens with zero attached hydrogens (tertiary/aromatic N) is 5. The molecule has 0 aliphatic heterocycles. The summed E-state index contributed by atoms with van der Waals surface area (Å²) in [6.07, 6.45) is -0.620. The molecule has 148 valence electrons. The fourth-order valence-electron chi connectivity index (χ4n) is 2.95. The maximum atomic E-state index is 12.8.